The number of aliphatic hydroxyl groups excluding tert-OH is 1. The molecule has 122 valence electrons. The van der Waals surface area contributed by atoms with Crippen molar-refractivity contribution in [2.24, 2.45) is 0 Å². The molecule has 2 aromatic rings. The van der Waals surface area contributed by atoms with Crippen molar-refractivity contribution >= 4 is 6.03 Å². The zero-order chi connectivity index (χ0) is 16.5. The van der Waals surface area contributed by atoms with Gasteiger partial charge < -0.3 is 15.7 Å². The first-order chi connectivity index (χ1) is 11.2. The molecule has 4 heteroatoms. The summed E-state index contributed by atoms with van der Waals surface area (Å²) in [4.78, 5) is 12.0. The Morgan fingerprint density at radius 3 is 2.57 bits per heavy atom. The van der Waals surface area contributed by atoms with E-state index in [-0.39, 0.29) is 18.6 Å². The number of urea groups is 1. The highest BCUT2D eigenvalue weighted by atomic mass is 16.3. The summed E-state index contributed by atoms with van der Waals surface area (Å²) in [5.41, 5.74) is 3.38. The third kappa shape index (κ3) is 5.75. The molecule has 1 unspecified atom stereocenters. The van der Waals surface area contributed by atoms with Crippen molar-refractivity contribution in [1.29, 1.82) is 0 Å². The van der Waals surface area contributed by atoms with Crippen LogP contribution in [0.3, 0.4) is 0 Å². The summed E-state index contributed by atoms with van der Waals surface area (Å²) in [7, 11) is 0. The molecule has 23 heavy (non-hydrogen) atoms. The minimum Gasteiger partial charge on any atom is -0.396 e. The lowest BCUT2D eigenvalue weighted by atomic mass is 9.96. The van der Waals surface area contributed by atoms with Crippen LogP contribution in [0, 0.1) is 6.92 Å². The summed E-state index contributed by atoms with van der Waals surface area (Å²) >= 11 is 0. The Morgan fingerprint density at radius 1 is 1.09 bits per heavy atom. The molecule has 1 atom stereocenters. The van der Waals surface area contributed by atoms with Gasteiger partial charge in [0.25, 0.3) is 0 Å². The summed E-state index contributed by atoms with van der Waals surface area (Å²) in [6, 6.07) is 17.8. The molecular formula is C19H24N2O2. The zero-order valence-electron chi connectivity index (χ0n) is 13.5. The van der Waals surface area contributed by atoms with Gasteiger partial charge in [0, 0.05) is 25.6 Å². The van der Waals surface area contributed by atoms with Gasteiger partial charge in [0.1, 0.15) is 0 Å². The largest absolute Gasteiger partial charge is 0.396 e. The van der Waals surface area contributed by atoms with Crippen molar-refractivity contribution in [3.8, 4) is 0 Å². The highest BCUT2D eigenvalue weighted by Crippen LogP contribution is 2.18. The van der Waals surface area contributed by atoms with E-state index in [1.165, 1.54) is 5.56 Å². The van der Waals surface area contributed by atoms with E-state index >= 15 is 0 Å². The molecule has 2 amide bonds. The molecular weight excluding hydrogens is 288 g/mol. The molecule has 4 nitrogen and oxygen atoms in total. The fourth-order valence-corrected chi connectivity index (χ4v) is 2.55. The number of rotatable bonds is 7. The fraction of sp³-hybridized carbons (Fsp3) is 0.316. The van der Waals surface area contributed by atoms with Crippen molar-refractivity contribution in [2.45, 2.75) is 25.8 Å². The van der Waals surface area contributed by atoms with Crippen LogP contribution >= 0.6 is 0 Å². The summed E-state index contributed by atoms with van der Waals surface area (Å²) in [5, 5.41) is 15.0. The normalized spacial score (nSPS) is 11.7. The molecule has 2 aromatic carbocycles. The predicted octanol–water partition coefficient (Wildman–Crippen LogP) is 2.96. The van der Waals surface area contributed by atoms with Gasteiger partial charge in [0.2, 0.25) is 0 Å². The van der Waals surface area contributed by atoms with Gasteiger partial charge in [-0.15, -0.1) is 0 Å². The first kappa shape index (κ1) is 17.0. The highest BCUT2D eigenvalue weighted by molar-refractivity contribution is 5.73. The monoisotopic (exact) mass is 312 g/mol. The van der Waals surface area contributed by atoms with Crippen LogP contribution in [0.4, 0.5) is 4.79 Å². The van der Waals surface area contributed by atoms with Crippen LogP contribution in [0.2, 0.25) is 0 Å². The number of aliphatic hydroxyl groups is 1. The van der Waals surface area contributed by atoms with Crippen LogP contribution in [-0.4, -0.2) is 24.3 Å². The third-order valence-corrected chi connectivity index (χ3v) is 3.79. The van der Waals surface area contributed by atoms with Gasteiger partial charge in [-0.25, -0.2) is 4.79 Å². The molecule has 0 saturated carbocycles. The van der Waals surface area contributed by atoms with Gasteiger partial charge in [0.05, 0.1) is 0 Å². The van der Waals surface area contributed by atoms with Crippen molar-refractivity contribution in [2.75, 3.05) is 13.2 Å². The molecule has 0 bridgehead atoms. The van der Waals surface area contributed by atoms with E-state index in [2.05, 4.69) is 16.7 Å². The van der Waals surface area contributed by atoms with E-state index in [9.17, 15) is 9.90 Å². The average molecular weight is 312 g/mol. The minimum atomic E-state index is -0.189. The number of aryl methyl sites for hydroxylation is 1. The summed E-state index contributed by atoms with van der Waals surface area (Å²) in [5.74, 6) is 0.117. The Bertz CT molecular complexity index is 614. The lowest BCUT2D eigenvalue weighted by Crippen LogP contribution is -2.37. The third-order valence-electron chi connectivity index (χ3n) is 3.79. The molecule has 0 aliphatic heterocycles. The number of nitrogens with one attached hydrogen (secondary N) is 2. The van der Waals surface area contributed by atoms with Gasteiger partial charge in [-0.1, -0.05) is 60.2 Å². The molecule has 0 saturated heterocycles. The standard InChI is InChI=1S/C19H24N2O2/c1-15-6-5-7-16(12-15)13-20-19(23)21-14-18(10-11-22)17-8-3-2-4-9-17/h2-9,12,18,22H,10-11,13-14H2,1H3,(H2,20,21,23). The smallest absolute Gasteiger partial charge is 0.315 e. The van der Waals surface area contributed by atoms with Crippen molar-refractivity contribution in [3.05, 3.63) is 71.3 Å². The van der Waals surface area contributed by atoms with Gasteiger partial charge in [0.15, 0.2) is 0 Å². The molecule has 0 fully saturated rings. The Balaban J connectivity index is 1.82. The first-order valence-electron chi connectivity index (χ1n) is 7.92. The highest BCUT2D eigenvalue weighted by Gasteiger charge is 2.12. The topological polar surface area (TPSA) is 61.4 Å². The first-order valence-corrected chi connectivity index (χ1v) is 7.92. The van der Waals surface area contributed by atoms with Crippen LogP contribution in [0.25, 0.3) is 0 Å². The van der Waals surface area contributed by atoms with Gasteiger partial charge in [-0.05, 0) is 24.5 Å². The minimum absolute atomic E-state index is 0.103. The van der Waals surface area contributed by atoms with Crippen molar-refractivity contribution in [3.63, 3.8) is 0 Å². The number of benzene rings is 2. The van der Waals surface area contributed by atoms with E-state index in [0.717, 1.165) is 11.1 Å². The Hall–Kier alpha value is -2.33. The Labute approximate surface area is 137 Å². The Kier molecular flexibility index (Phi) is 6.63. The summed E-state index contributed by atoms with van der Waals surface area (Å²) in [6.07, 6.45) is 0.627. The van der Waals surface area contributed by atoms with Crippen molar-refractivity contribution < 1.29 is 9.90 Å². The quantitative estimate of drug-likeness (QED) is 0.736. The van der Waals surface area contributed by atoms with E-state index in [1.54, 1.807) is 0 Å². The lowest BCUT2D eigenvalue weighted by molar-refractivity contribution is 0.237. The van der Waals surface area contributed by atoms with E-state index in [0.29, 0.717) is 19.5 Å². The molecule has 0 heterocycles. The molecule has 0 aliphatic rings. The number of hydrogen-bond acceptors (Lipinski definition) is 2. The van der Waals surface area contributed by atoms with Gasteiger partial charge in [-0.3, -0.25) is 0 Å². The molecule has 3 N–H and O–H groups in total. The van der Waals surface area contributed by atoms with Gasteiger partial charge >= 0.3 is 6.03 Å². The second-order valence-electron chi connectivity index (χ2n) is 5.67. The molecule has 2 rings (SSSR count). The SMILES string of the molecule is Cc1cccc(CNC(=O)NCC(CCO)c2ccccc2)c1. The Morgan fingerprint density at radius 2 is 1.87 bits per heavy atom. The summed E-state index contributed by atoms with van der Waals surface area (Å²) < 4.78 is 0. The molecule has 0 aliphatic carbocycles. The van der Waals surface area contributed by atoms with Gasteiger partial charge in [-0.2, -0.15) is 0 Å². The van der Waals surface area contributed by atoms with E-state index in [4.69, 9.17) is 0 Å². The van der Waals surface area contributed by atoms with E-state index < -0.39 is 0 Å². The zero-order valence-corrected chi connectivity index (χ0v) is 13.5. The van der Waals surface area contributed by atoms with Crippen LogP contribution in [0.1, 0.15) is 29.0 Å². The molecule has 0 aromatic heterocycles. The van der Waals surface area contributed by atoms with Crippen LogP contribution < -0.4 is 10.6 Å². The maximum atomic E-state index is 12.0. The maximum absolute atomic E-state index is 12.0. The maximum Gasteiger partial charge on any atom is 0.315 e. The van der Waals surface area contributed by atoms with Crippen LogP contribution in [0.15, 0.2) is 54.6 Å². The lowest BCUT2D eigenvalue weighted by Gasteiger charge is -2.17. The van der Waals surface area contributed by atoms with Crippen LogP contribution in [0.5, 0.6) is 0 Å². The van der Waals surface area contributed by atoms with Crippen molar-refractivity contribution in [1.82, 2.24) is 10.6 Å². The summed E-state index contributed by atoms with van der Waals surface area (Å²) in [6.45, 7) is 3.14. The second kappa shape index (κ2) is 8.96. The second-order valence-corrected chi connectivity index (χ2v) is 5.67. The average Bonchev–Trinajstić information content (AvgIpc) is 2.57. The molecule has 0 spiro atoms. The van der Waals surface area contributed by atoms with E-state index in [1.807, 2.05) is 55.5 Å². The van der Waals surface area contributed by atoms with Crippen LogP contribution in [-0.2, 0) is 6.54 Å². The molecule has 0 radical (unpaired) electrons. The predicted molar refractivity (Wildman–Crippen MR) is 92.3 cm³/mol. The number of carbonyl (C=O) groups is 1. The number of carbonyl (C=O) groups excluding carboxylic acids is 1. The fourth-order valence-electron chi connectivity index (χ4n) is 2.55. The number of amides is 2. The number of hydrogen-bond donors (Lipinski definition) is 3.